The summed E-state index contributed by atoms with van der Waals surface area (Å²) >= 11 is 0. The molecule has 1 amide bonds. The molecule has 0 aliphatic carbocycles. The van der Waals surface area contributed by atoms with E-state index in [0.717, 1.165) is 23.1 Å². The van der Waals surface area contributed by atoms with Gasteiger partial charge in [-0.15, -0.1) is 0 Å². The number of β-amino-alcohol motifs (C(OH)–C–C–N with tert-alkyl or cyclic N) is 1. The number of aliphatic hydroxyl groups is 1. The molecule has 1 N–H and O–H groups in total. The topological polar surface area (TPSA) is 80.0 Å². The highest BCUT2D eigenvalue weighted by Gasteiger charge is 2.42. The van der Waals surface area contributed by atoms with Gasteiger partial charge in [0.15, 0.2) is 5.43 Å². The minimum Gasteiger partial charge on any atom is -0.494 e. The van der Waals surface area contributed by atoms with Crippen molar-refractivity contribution in [3.05, 3.63) is 74.6 Å². The minimum atomic E-state index is -0.633. The lowest BCUT2D eigenvalue weighted by molar-refractivity contribution is 0.0691. The molecule has 6 heteroatoms. The maximum atomic E-state index is 13.6. The SMILES string of the molecule is CCCOc1cccc([C@H]2c3c(oc4cc(C)cc(C)c4c3=O)C(=O)N2CCO)c1. The molecule has 0 unspecified atom stereocenters. The second-order valence-corrected chi connectivity index (χ2v) is 7.67. The number of carbonyl (C=O) groups is 1. The van der Waals surface area contributed by atoms with Crippen molar-refractivity contribution >= 4 is 16.9 Å². The van der Waals surface area contributed by atoms with Crippen molar-refractivity contribution < 1.29 is 19.1 Å². The summed E-state index contributed by atoms with van der Waals surface area (Å²) in [6.07, 6.45) is 0.875. The third-order valence-electron chi connectivity index (χ3n) is 5.40. The van der Waals surface area contributed by atoms with E-state index >= 15 is 0 Å². The number of benzene rings is 2. The first-order valence-electron chi connectivity index (χ1n) is 10.2. The van der Waals surface area contributed by atoms with E-state index in [0.29, 0.717) is 28.9 Å². The third-order valence-corrected chi connectivity index (χ3v) is 5.40. The first-order chi connectivity index (χ1) is 14.5. The fourth-order valence-electron chi connectivity index (χ4n) is 4.19. The largest absolute Gasteiger partial charge is 0.494 e. The summed E-state index contributed by atoms with van der Waals surface area (Å²) in [4.78, 5) is 28.2. The molecule has 4 rings (SSSR count). The van der Waals surface area contributed by atoms with Crippen LogP contribution >= 0.6 is 0 Å². The van der Waals surface area contributed by atoms with Crippen LogP contribution in [0.2, 0.25) is 0 Å². The summed E-state index contributed by atoms with van der Waals surface area (Å²) in [5, 5.41) is 10.1. The Hall–Kier alpha value is -3.12. The van der Waals surface area contributed by atoms with Gasteiger partial charge in [-0.05, 0) is 55.2 Å². The fourth-order valence-corrected chi connectivity index (χ4v) is 4.19. The Morgan fingerprint density at radius 3 is 2.70 bits per heavy atom. The second-order valence-electron chi connectivity index (χ2n) is 7.67. The number of carbonyl (C=O) groups excluding carboxylic acids is 1. The molecule has 0 fully saturated rings. The average molecular weight is 407 g/mol. The van der Waals surface area contributed by atoms with Gasteiger partial charge in [0.2, 0.25) is 5.76 Å². The van der Waals surface area contributed by atoms with Crippen molar-refractivity contribution in [2.75, 3.05) is 19.8 Å². The third kappa shape index (κ3) is 3.27. The van der Waals surface area contributed by atoms with E-state index in [2.05, 4.69) is 0 Å². The summed E-state index contributed by atoms with van der Waals surface area (Å²) in [6, 6.07) is 10.5. The van der Waals surface area contributed by atoms with Crippen molar-refractivity contribution in [2.24, 2.45) is 0 Å². The molecule has 2 heterocycles. The molecule has 0 saturated heterocycles. The van der Waals surface area contributed by atoms with Gasteiger partial charge >= 0.3 is 0 Å². The number of hydrogen-bond donors (Lipinski definition) is 1. The zero-order chi connectivity index (χ0) is 21.4. The van der Waals surface area contributed by atoms with E-state index in [1.807, 2.05) is 51.1 Å². The Morgan fingerprint density at radius 2 is 1.97 bits per heavy atom. The van der Waals surface area contributed by atoms with Crippen LogP contribution in [0.4, 0.5) is 0 Å². The number of hydrogen-bond acceptors (Lipinski definition) is 5. The number of amides is 1. The molecular weight excluding hydrogens is 382 g/mol. The van der Waals surface area contributed by atoms with Crippen LogP contribution in [0.25, 0.3) is 11.0 Å². The number of ether oxygens (including phenoxy) is 1. The van der Waals surface area contributed by atoms with E-state index < -0.39 is 6.04 Å². The Balaban J connectivity index is 1.95. The van der Waals surface area contributed by atoms with E-state index in [-0.39, 0.29) is 30.2 Å². The highest BCUT2D eigenvalue weighted by Crippen LogP contribution is 2.39. The first kappa shape index (κ1) is 20.2. The van der Waals surface area contributed by atoms with Crippen molar-refractivity contribution in [3.63, 3.8) is 0 Å². The molecule has 1 aromatic heterocycles. The van der Waals surface area contributed by atoms with Crippen molar-refractivity contribution in [1.82, 2.24) is 4.90 Å². The van der Waals surface area contributed by atoms with Crippen molar-refractivity contribution in [3.8, 4) is 5.75 Å². The van der Waals surface area contributed by atoms with Gasteiger partial charge in [0.25, 0.3) is 5.91 Å². The lowest BCUT2D eigenvalue weighted by Crippen LogP contribution is -2.32. The maximum Gasteiger partial charge on any atom is 0.290 e. The molecule has 0 saturated carbocycles. The second kappa shape index (κ2) is 7.95. The van der Waals surface area contributed by atoms with Crippen LogP contribution in [0.5, 0.6) is 5.75 Å². The molecule has 1 aliphatic rings. The van der Waals surface area contributed by atoms with Crippen LogP contribution in [0, 0.1) is 13.8 Å². The highest BCUT2D eigenvalue weighted by molar-refractivity contribution is 5.99. The van der Waals surface area contributed by atoms with Crippen LogP contribution in [-0.2, 0) is 0 Å². The highest BCUT2D eigenvalue weighted by atomic mass is 16.5. The monoisotopic (exact) mass is 407 g/mol. The number of fused-ring (bicyclic) bond motifs is 2. The molecule has 30 heavy (non-hydrogen) atoms. The van der Waals surface area contributed by atoms with Crippen LogP contribution in [-0.4, -0.2) is 35.7 Å². The molecule has 3 aromatic rings. The summed E-state index contributed by atoms with van der Waals surface area (Å²) in [5.41, 5.74) is 3.05. The summed E-state index contributed by atoms with van der Waals surface area (Å²) < 4.78 is 11.7. The van der Waals surface area contributed by atoms with Crippen LogP contribution in [0.15, 0.2) is 45.6 Å². The fraction of sp³-hybridized carbons (Fsp3) is 0.333. The van der Waals surface area contributed by atoms with Crippen LogP contribution < -0.4 is 10.2 Å². The van der Waals surface area contributed by atoms with Gasteiger partial charge in [-0.1, -0.05) is 25.1 Å². The zero-order valence-corrected chi connectivity index (χ0v) is 17.4. The quantitative estimate of drug-likeness (QED) is 0.673. The Kier molecular flexibility index (Phi) is 5.35. The van der Waals surface area contributed by atoms with Gasteiger partial charge in [0, 0.05) is 6.54 Å². The number of aliphatic hydroxyl groups excluding tert-OH is 1. The van der Waals surface area contributed by atoms with E-state index in [9.17, 15) is 14.7 Å². The molecule has 156 valence electrons. The standard InChI is InChI=1S/C24H25NO5/c1-4-10-29-17-7-5-6-16(13-17)21-20-22(27)19-15(3)11-14(2)12-18(19)30-23(20)24(28)25(21)8-9-26/h5-7,11-13,21,26H,4,8-10H2,1-3H3/t21-/m0/s1. The number of aryl methyl sites for hydroxylation is 2. The molecule has 1 atom stereocenters. The summed E-state index contributed by atoms with van der Waals surface area (Å²) in [7, 11) is 0. The lowest BCUT2D eigenvalue weighted by Gasteiger charge is -2.24. The smallest absolute Gasteiger partial charge is 0.290 e. The summed E-state index contributed by atoms with van der Waals surface area (Å²) in [5.74, 6) is 0.342. The van der Waals surface area contributed by atoms with Crippen molar-refractivity contribution in [2.45, 2.75) is 33.2 Å². The maximum absolute atomic E-state index is 13.6. The molecule has 2 aromatic carbocycles. The van der Waals surface area contributed by atoms with Gasteiger partial charge in [0.05, 0.1) is 30.2 Å². The predicted octanol–water partition coefficient (Wildman–Crippen LogP) is 3.74. The number of rotatable bonds is 6. The van der Waals surface area contributed by atoms with Gasteiger partial charge in [-0.25, -0.2) is 0 Å². The molecule has 0 spiro atoms. The Labute approximate surface area is 174 Å². The predicted molar refractivity (Wildman–Crippen MR) is 114 cm³/mol. The Bertz CT molecular complexity index is 1180. The molecule has 6 nitrogen and oxygen atoms in total. The lowest BCUT2D eigenvalue weighted by atomic mass is 9.96. The van der Waals surface area contributed by atoms with Crippen molar-refractivity contribution in [1.29, 1.82) is 0 Å². The van der Waals surface area contributed by atoms with E-state index in [1.54, 1.807) is 6.07 Å². The molecule has 1 aliphatic heterocycles. The summed E-state index contributed by atoms with van der Waals surface area (Å²) in [6.45, 7) is 6.28. The van der Waals surface area contributed by atoms with Gasteiger partial charge < -0.3 is 19.2 Å². The Morgan fingerprint density at radius 1 is 1.17 bits per heavy atom. The molecular formula is C24H25NO5. The molecule has 0 bridgehead atoms. The average Bonchev–Trinajstić information content (AvgIpc) is 2.99. The normalized spacial score (nSPS) is 15.7. The van der Waals surface area contributed by atoms with Gasteiger partial charge in [-0.2, -0.15) is 0 Å². The van der Waals surface area contributed by atoms with Gasteiger partial charge in [-0.3, -0.25) is 9.59 Å². The van der Waals surface area contributed by atoms with Crippen LogP contribution in [0.3, 0.4) is 0 Å². The zero-order valence-electron chi connectivity index (χ0n) is 17.4. The van der Waals surface area contributed by atoms with Gasteiger partial charge in [0.1, 0.15) is 11.3 Å². The minimum absolute atomic E-state index is 0.0517. The van der Waals surface area contributed by atoms with E-state index in [4.69, 9.17) is 9.15 Å². The van der Waals surface area contributed by atoms with E-state index in [1.165, 1.54) is 4.90 Å². The molecule has 0 radical (unpaired) electrons. The number of nitrogens with zero attached hydrogens (tertiary/aromatic N) is 1. The van der Waals surface area contributed by atoms with Crippen LogP contribution in [0.1, 0.15) is 52.2 Å². The first-order valence-corrected chi connectivity index (χ1v) is 10.2.